The highest BCUT2D eigenvalue weighted by molar-refractivity contribution is 5.90. The maximum Gasteiger partial charge on any atom is 0.411 e. The zero-order chi connectivity index (χ0) is 19.1. The highest BCUT2D eigenvalue weighted by Crippen LogP contribution is 2.55. The SMILES string of the molecule is CO[C@@H]1C(=O)C(C)(C)C[C@]2(CO2)[C@H]1C(C)(C)OCCOCC(F)(F)F. The highest BCUT2D eigenvalue weighted by Gasteiger charge is 2.67. The smallest absolute Gasteiger partial charge is 0.373 e. The Labute approximate surface area is 146 Å². The number of epoxide rings is 1. The van der Waals surface area contributed by atoms with E-state index >= 15 is 0 Å². The monoisotopic (exact) mass is 368 g/mol. The molecule has 2 fully saturated rings. The third-order valence-electron chi connectivity index (χ3n) is 5.02. The number of hydrogen-bond donors (Lipinski definition) is 0. The second kappa shape index (κ2) is 6.79. The topological polar surface area (TPSA) is 57.3 Å². The molecular formula is C17H27F3O5. The van der Waals surface area contributed by atoms with E-state index < -0.39 is 35.5 Å². The van der Waals surface area contributed by atoms with Gasteiger partial charge in [0.2, 0.25) is 0 Å². The molecule has 0 aromatic heterocycles. The quantitative estimate of drug-likeness (QED) is 0.511. The molecule has 3 atom stereocenters. The van der Waals surface area contributed by atoms with Gasteiger partial charge in [0.25, 0.3) is 0 Å². The average molecular weight is 368 g/mol. The van der Waals surface area contributed by atoms with Crippen LogP contribution in [0.1, 0.15) is 34.1 Å². The summed E-state index contributed by atoms with van der Waals surface area (Å²) >= 11 is 0. The summed E-state index contributed by atoms with van der Waals surface area (Å²) in [6.07, 6.45) is -4.47. The number of ketones is 1. The summed E-state index contributed by atoms with van der Waals surface area (Å²) in [7, 11) is 1.48. The molecular weight excluding hydrogens is 341 g/mol. The van der Waals surface area contributed by atoms with Crippen molar-refractivity contribution in [2.75, 3.05) is 33.5 Å². The molecule has 2 rings (SSSR count). The van der Waals surface area contributed by atoms with E-state index in [4.69, 9.17) is 14.2 Å². The minimum atomic E-state index is -4.36. The van der Waals surface area contributed by atoms with Crippen molar-refractivity contribution in [2.24, 2.45) is 11.3 Å². The van der Waals surface area contributed by atoms with Gasteiger partial charge in [-0.25, -0.2) is 0 Å². The standard InChI is InChI=1S/C17H27F3O5/c1-14(2)8-16(9-25-16)12(11(22-5)13(14)21)15(3,4)24-7-6-23-10-17(18,19)20/h11-12H,6-10H2,1-5H3/t11-,12+,16-/m0/s1. The second-order valence-electron chi connectivity index (χ2n) is 8.03. The summed E-state index contributed by atoms with van der Waals surface area (Å²) in [6.45, 7) is 6.39. The van der Waals surface area contributed by atoms with Gasteiger partial charge in [0, 0.05) is 12.5 Å². The zero-order valence-electron chi connectivity index (χ0n) is 15.4. The molecule has 0 unspecified atom stereocenters. The summed E-state index contributed by atoms with van der Waals surface area (Å²) in [6, 6.07) is 0. The van der Waals surface area contributed by atoms with Crippen molar-refractivity contribution < 1.29 is 36.9 Å². The Morgan fingerprint density at radius 3 is 2.32 bits per heavy atom. The maximum atomic E-state index is 12.8. The largest absolute Gasteiger partial charge is 0.411 e. The van der Waals surface area contributed by atoms with Gasteiger partial charge in [-0.3, -0.25) is 4.79 Å². The van der Waals surface area contributed by atoms with Gasteiger partial charge >= 0.3 is 6.18 Å². The predicted molar refractivity (Wildman–Crippen MR) is 83.3 cm³/mol. The molecule has 2 aliphatic rings. The van der Waals surface area contributed by atoms with Crippen LogP contribution in [0, 0.1) is 11.3 Å². The van der Waals surface area contributed by atoms with E-state index in [1.807, 2.05) is 27.7 Å². The van der Waals surface area contributed by atoms with Crippen LogP contribution >= 0.6 is 0 Å². The summed E-state index contributed by atoms with van der Waals surface area (Å²) in [5, 5.41) is 0. The number of hydrogen-bond acceptors (Lipinski definition) is 5. The molecule has 1 spiro atoms. The van der Waals surface area contributed by atoms with E-state index in [9.17, 15) is 18.0 Å². The Balaban J connectivity index is 2.02. The van der Waals surface area contributed by atoms with Crippen LogP contribution in [0.25, 0.3) is 0 Å². The lowest BCUT2D eigenvalue weighted by molar-refractivity contribution is -0.191. The van der Waals surface area contributed by atoms with Crippen LogP contribution in [-0.4, -0.2) is 62.8 Å². The average Bonchev–Trinajstić information content (AvgIpc) is 3.19. The zero-order valence-corrected chi connectivity index (χ0v) is 15.4. The molecule has 0 amide bonds. The molecule has 1 saturated heterocycles. The number of Topliss-reactive ketones (excluding diaryl/α,β-unsaturated/α-hetero) is 1. The van der Waals surface area contributed by atoms with Gasteiger partial charge in [0.15, 0.2) is 5.78 Å². The fourth-order valence-electron chi connectivity index (χ4n) is 4.01. The lowest BCUT2D eigenvalue weighted by atomic mass is 9.60. The summed E-state index contributed by atoms with van der Waals surface area (Å²) in [5.41, 5.74) is -1.86. The van der Waals surface area contributed by atoms with Crippen LogP contribution in [0.4, 0.5) is 13.2 Å². The Morgan fingerprint density at radius 2 is 1.84 bits per heavy atom. The van der Waals surface area contributed by atoms with Crippen LogP contribution in [0.15, 0.2) is 0 Å². The molecule has 1 aliphatic heterocycles. The number of methoxy groups -OCH3 is 1. The van der Waals surface area contributed by atoms with Gasteiger partial charge in [-0.1, -0.05) is 13.8 Å². The molecule has 0 N–H and O–H groups in total. The molecule has 1 heterocycles. The molecule has 0 radical (unpaired) electrons. The van der Waals surface area contributed by atoms with Crippen molar-refractivity contribution in [1.29, 1.82) is 0 Å². The van der Waals surface area contributed by atoms with E-state index in [2.05, 4.69) is 4.74 Å². The highest BCUT2D eigenvalue weighted by atomic mass is 19.4. The molecule has 1 saturated carbocycles. The normalized spacial score (nSPS) is 32.2. The maximum absolute atomic E-state index is 12.8. The number of rotatable bonds is 7. The number of halogens is 3. The van der Waals surface area contributed by atoms with Crippen molar-refractivity contribution >= 4 is 5.78 Å². The van der Waals surface area contributed by atoms with E-state index in [1.54, 1.807) is 0 Å². The molecule has 25 heavy (non-hydrogen) atoms. The van der Waals surface area contributed by atoms with Crippen molar-refractivity contribution in [1.82, 2.24) is 0 Å². The van der Waals surface area contributed by atoms with Crippen LogP contribution in [-0.2, 0) is 23.7 Å². The van der Waals surface area contributed by atoms with Gasteiger partial charge in [-0.05, 0) is 20.3 Å². The lowest BCUT2D eigenvalue weighted by Gasteiger charge is -2.48. The van der Waals surface area contributed by atoms with Crippen molar-refractivity contribution in [2.45, 2.75) is 57.6 Å². The van der Waals surface area contributed by atoms with Crippen LogP contribution in [0.3, 0.4) is 0 Å². The van der Waals surface area contributed by atoms with Crippen LogP contribution in [0.2, 0.25) is 0 Å². The van der Waals surface area contributed by atoms with Gasteiger partial charge in [-0.15, -0.1) is 0 Å². The molecule has 0 aromatic rings. The first kappa shape index (κ1) is 20.6. The first-order valence-electron chi connectivity index (χ1n) is 8.34. The van der Waals surface area contributed by atoms with E-state index in [-0.39, 0.29) is 24.9 Å². The molecule has 8 heteroatoms. The van der Waals surface area contributed by atoms with Gasteiger partial charge in [0.05, 0.1) is 31.3 Å². The van der Waals surface area contributed by atoms with Crippen molar-refractivity contribution in [3.05, 3.63) is 0 Å². The van der Waals surface area contributed by atoms with E-state index in [0.29, 0.717) is 13.0 Å². The Morgan fingerprint density at radius 1 is 1.24 bits per heavy atom. The fourth-order valence-corrected chi connectivity index (χ4v) is 4.01. The molecule has 5 nitrogen and oxygen atoms in total. The van der Waals surface area contributed by atoms with Gasteiger partial charge < -0.3 is 18.9 Å². The van der Waals surface area contributed by atoms with Crippen molar-refractivity contribution in [3.8, 4) is 0 Å². The third-order valence-corrected chi connectivity index (χ3v) is 5.02. The summed E-state index contributed by atoms with van der Waals surface area (Å²) in [5.74, 6) is -0.348. The lowest BCUT2D eigenvalue weighted by Crippen LogP contribution is -2.61. The second-order valence-corrected chi connectivity index (χ2v) is 8.03. The van der Waals surface area contributed by atoms with E-state index in [0.717, 1.165) is 0 Å². The molecule has 0 bridgehead atoms. The number of carbonyl (C=O) groups is 1. The Kier molecular flexibility index (Phi) is 5.60. The van der Waals surface area contributed by atoms with Gasteiger partial charge in [-0.2, -0.15) is 13.2 Å². The Hall–Kier alpha value is -0.700. The predicted octanol–water partition coefficient (Wildman–Crippen LogP) is 2.76. The number of ether oxygens (including phenoxy) is 4. The first-order valence-corrected chi connectivity index (χ1v) is 8.34. The van der Waals surface area contributed by atoms with Crippen LogP contribution < -0.4 is 0 Å². The summed E-state index contributed by atoms with van der Waals surface area (Å²) in [4.78, 5) is 12.8. The minimum Gasteiger partial charge on any atom is -0.373 e. The first-order chi connectivity index (χ1) is 11.3. The van der Waals surface area contributed by atoms with Crippen LogP contribution in [0.5, 0.6) is 0 Å². The third kappa shape index (κ3) is 4.53. The Bertz CT molecular complexity index is 497. The van der Waals surface area contributed by atoms with E-state index in [1.165, 1.54) is 7.11 Å². The van der Waals surface area contributed by atoms with Crippen molar-refractivity contribution in [3.63, 3.8) is 0 Å². The summed E-state index contributed by atoms with van der Waals surface area (Å²) < 4.78 is 57.9. The molecule has 1 aliphatic carbocycles. The fraction of sp³-hybridized carbons (Fsp3) is 0.941. The number of carbonyl (C=O) groups excluding carboxylic acids is 1. The minimum absolute atomic E-state index is 0.00822. The molecule has 146 valence electrons. The molecule has 0 aromatic carbocycles. The van der Waals surface area contributed by atoms with Gasteiger partial charge in [0.1, 0.15) is 18.3 Å². The number of alkyl halides is 3.